The van der Waals surface area contributed by atoms with Crippen LogP contribution in [-0.4, -0.2) is 33.7 Å². The number of hydrogen-bond donors (Lipinski definition) is 2. The minimum Gasteiger partial charge on any atom is -0.508 e. The van der Waals surface area contributed by atoms with Crippen molar-refractivity contribution in [2.45, 2.75) is 38.3 Å². The van der Waals surface area contributed by atoms with Crippen molar-refractivity contribution in [3.63, 3.8) is 0 Å². The van der Waals surface area contributed by atoms with Gasteiger partial charge in [0.2, 0.25) is 0 Å². The van der Waals surface area contributed by atoms with Crippen LogP contribution in [0.1, 0.15) is 37.8 Å². The van der Waals surface area contributed by atoms with Gasteiger partial charge in [0.25, 0.3) is 0 Å². The molecule has 1 fully saturated rings. The maximum atomic E-state index is 10.9. The van der Waals surface area contributed by atoms with E-state index in [1.807, 2.05) is 19.1 Å². The Labute approximate surface area is 107 Å². The number of aliphatic carboxylic acids is 1. The molecular formula is C14H19NO3. The van der Waals surface area contributed by atoms with Gasteiger partial charge in [0, 0.05) is 17.6 Å². The minimum absolute atomic E-state index is 0.0538. The molecule has 1 aliphatic heterocycles. The number of hydrogen-bond acceptors (Lipinski definition) is 3. The fourth-order valence-electron chi connectivity index (χ4n) is 2.81. The molecule has 0 saturated carbocycles. The van der Waals surface area contributed by atoms with Gasteiger partial charge in [0.15, 0.2) is 0 Å². The third-order valence-corrected chi connectivity index (χ3v) is 3.72. The third kappa shape index (κ3) is 2.64. The summed E-state index contributed by atoms with van der Waals surface area (Å²) < 4.78 is 0. The smallest absolute Gasteiger partial charge is 0.304 e. The molecule has 1 aromatic rings. The van der Waals surface area contributed by atoms with Crippen molar-refractivity contribution < 1.29 is 15.0 Å². The van der Waals surface area contributed by atoms with E-state index in [9.17, 15) is 9.90 Å². The molecule has 0 bridgehead atoms. The molecule has 0 spiro atoms. The Balaban J connectivity index is 2.15. The molecule has 0 aliphatic carbocycles. The number of carboxylic acid groups (broad SMARTS) is 1. The number of rotatable bonds is 4. The van der Waals surface area contributed by atoms with E-state index in [4.69, 9.17) is 5.11 Å². The normalized spacial score (nSPS) is 21.9. The van der Waals surface area contributed by atoms with E-state index in [-0.39, 0.29) is 24.3 Å². The van der Waals surface area contributed by atoms with Crippen molar-refractivity contribution in [3.8, 4) is 5.75 Å². The second-order valence-electron chi connectivity index (χ2n) is 4.87. The maximum absolute atomic E-state index is 10.9. The van der Waals surface area contributed by atoms with Crippen molar-refractivity contribution in [1.29, 1.82) is 0 Å². The second-order valence-corrected chi connectivity index (χ2v) is 4.87. The van der Waals surface area contributed by atoms with E-state index in [1.165, 1.54) is 0 Å². The van der Waals surface area contributed by atoms with Gasteiger partial charge in [-0.25, -0.2) is 0 Å². The predicted molar refractivity (Wildman–Crippen MR) is 68.5 cm³/mol. The molecule has 1 saturated heterocycles. The van der Waals surface area contributed by atoms with Gasteiger partial charge in [-0.1, -0.05) is 18.2 Å². The minimum atomic E-state index is -0.753. The number of benzene rings is 1. The first-order valence-electron chi connectivity index (χ1n) is 6.35. The Bertz CT molecular complexity index is 433. The van der Waals surface area contributed by atoms with Crippen LogP contribution in [-0.2, 0) is 4.79 Å². The summed E-state index contributed by atoms with van der Waals surface area (Å²) in [6, 6.07) is 7.40. The van der Waals surface area contributed by atoms with Crippen LogP contribution in [0.25, 0.3) is 0 Å². The monoisotopic (exact) mass is 249 g/mol. The van der Waals surface area contributed by atoms with Crippen LogP contribution >= 0.6 is 0 Å². The molecule has 4 nitrogen and oxygen atoms in total. The zero-order valence-corrected chi connectivity index (χ0v) is 10.5. The fourth-order valence-corrected chi connectivity index (χ4v) is 2.81. The first-order valence-corrected chi connectivity index (χ1v) is 6.35. The number of aromatic hydroxyl groups is 1. The maximum Gasteiger partial charge on any atom is 0.304 e. The number of likely N-dealkylation sites (tertiary alicyclic amines) is 1. The lowest BCUT2D eigenvalue weighted by atomic mass is 10.0. The third-order valence-electron chi connectivity index (χ3n) is 3.72. The van der Waals surface area contributed by atoms with Gasteiger partial charge >= 0.3 is 5.97 Å². The first kappa shape index (κ1) is 12.9. The summed E-state index contributed by atoms with van der Waals surface area (Å²) in [6.45, 7) is 2.92. The van der Waals surface area contributed by atoms with Gasteiger partial charge < -0.3 is 10.2 Å². The largest absolute Gasteiger partial charge is 0.508 e. The van der Waals surface area contributed by atoms with Crippen LogP contribution in [0, 0.1) is 0 Å². The number of carboxylic acids is 1. The van der Waals surface area contributed by atoms with E-state index in [0.29, 0.717) is 0 Å². The van der Waals surface area contributed by atoms with Gasteiger partial charge in [0.05, 0.1) is 6.42 Å². The number of phenols is 1. The average molecular weight is 249 g/mol. The fraction of sp³-hybridized carbons (Fsp3) is 0.500. The molecule has 2 N–H and O–H groups in total. The molecule has 98 valence electrons. The number of phenolic OH excluding ortho intramolecular Hbond substituents is 1. The summed E-state index contributed by atoms with van der Waals surface area (Å²) in [5, 5.41) is 18.8. The molecule has 1 heterocycles. The standard InChI is InChI=1S/C14H19NO3/c1-10(12-6-2-3-7-13(12)16)15-8-4-5-11(15)9-14(17)18/h2-3,6-7,10-11,16H,4-5,8-9H2,1H3,(H,17,18). The molecule has 2 unspecified atom stereocenters. The van der Waals surface area contributed by atoms with Gasteiger partial charge in [-0.05, 0) is 32.4 Å². The first-order chi connectivity index (χ1) is 8.59. The Morgan fingerprint density at radius 1 is 1.50 bits per heavy atom. The molecule has 1 aromatic carbocycles. The Hall–Kier alpha value is -1.55. The summed E-state index contributed by atoms with van der Waals surface area (Å²) in [5.74, 6) is -0.470. The molecule has 2 rings (SSSR count). The molecule has 0 amide bonds. The quantitative estimate of drug-likeness (QED) is 0.860. The van der Waals surface area contributed by atoms with Crippen LogP contribution in [0.15, 0.2) is 24.3 Å². The summed E-state index contributed by atoms with van der Waals surface area (Å²) in [6.07, 6.45) is 2.12. The highest BCUT2D eigenvalue weighted by molar-refractivity contribution is 5.67. The Morgan fingerprint density at radius 3 is 2.89 bits per heavy atom. The average Bonchev–Trinajstić information content (AvgIpc) is 2.76. The van der Waals surface area contributed by atoms with Crippen molar-refractivity contribution in [2.75, 3.05) is 6.54 Å². The lowest BCUT2D eigenvalue weighted by molar-refractivity contribution is -0.138. The van der Waals surface area contributed by atoms with E-state index in [2.05, 4.69) is 4.90 Å². The predicted octanol–water partition coefficient (Wildman–Crippen LogP) is 2.39. The number of carbonyl (C=O) groups is 1. The zero-order chi connectivity index (χ0) is 13.1. The topological polar surface area (TPSA) is 60.8 Å². The van der Waals surface area contributed by atoms with Gasteiger partial charge in [0.1, 0.15) is 5.75 Å². The van der Waals surface area contributed by atoms with Gasteiger partial charge in [-0.2, -0.15) is 0 Å². The van der Waals surface area contributed by atoms with Crippen molar-refractivity contribution in [2.24, 2.45) is 0 Å². The van der Waals surface area contributed by atoms with Crippen LogP contribution in [0.3, 0.4) is 0 Å². The van der Waals surface area contributed by atoms with E-state index >= 15 is 0 Å². The lowest BCUT2D eigenvalue weighted by Gasteiger charge is -2.30. The molecule has 2 atom stereocenters. The van der Waals surface area contributed by atoms with Crippen LogP contribution < -0.4 is 0 Å². The number of nitrogens with zero attached hydrogens (tertiary/aromatic N) is 1. The van der Waals surface area contributed by atoms with Crippen molar-refractivity contribution in [3.05, 3.63) is 29.8 Å². The molecule has 0 radical (unpaired) electrons. The molecule has 1 aliphatic rings. The van der Waals surface area contributed by atoms with E-state index < -0.39 is 5.97 Å². The second kappa shape index (κ2) is 5.40. The highest BCUT2D eigenvalue weighted by Crippen LogP contribution is 2.34. The number of para-hydroxylation sites is 1. The summed E-state index contributed by atoms with van der Waals surface area (Å²) in [5.41, 5.74) is 0.870. The molecule has 4 heteroatoms. The zero-order valence-electron chi connectivity index (χ0n) is 10.5. The van der Waals surface area contributed by atoms with Gasteiger partial charge in [-0.15, -0.1) is 0 Å². The molecular weight excluding hydrogens is 230 g/mol. The Morgan fingerprint density at radius 2 is 2.22 bits per heavy atom. The highest BCUT2D eigenvalue weighted by atomic mass is 16.4. The summed E-state index contributed by atoms with van der Waals surface area (Å²) >= 11 is 0. The molecule has 0 aromatic heterocycles. The molecule has 18 heavy (non-hydrogen) atoms. The highest BCUT2D eigenvalue weighted by Gasteiger charge is 2.31. The summed E-state index contributed by atoms with van der Waals surface area (Å²) in [4.78, 5) is 13.0. The summed E-state index contributed by atoms with van der Waals surface area (Å²) in [7, 11) is 0. The van der Waals surface area contributed by atoms with Crippen molar-refractivity contribution >= 4 is 5.97 Å². The lowest BCUT2D eigenvalue weighted by Crippen LogP contribution is -2.33. The van der Waals surface area contributed by atoms with E-state index in [0.717, 1.165) is 24.9 Å². The van der Waals surface area contributed by atoms with Crippen LogP contribution in [0.4, 0.5) is 0 Å². The van der Waals surface area contributed by atoms with E-state index in [1.54, 1.807) is 12.1 Å². The van der Waals surface area contributed by atoms with Crippen LogP contribution in [0.2, 0.25) is 0 Å². The Kier molecular flexibility index (Phi) is 3.87. The van der Waals surface area contributed by atoms with Gasteiger partial charge in [-0.3, -0.25) is 9.69 Å². The SMILES string of the molecule is CC(c1ccccc1O)N1CCCC1CC(=O)O. The van der Waals surface area contributed by atoms with Crippen molar-refractivity contribution in [1.82, 2.24) is 4.90 Å². The van der Waals surface area contributed by atoms with Crippen LogP contribution in [0.5, 0.6) is 5.75 Å².